The number of nitrogens with zero attached hydrogens (tertiary/aromatic N) is 2. The van der Waals surface area contributed by atoms with Crippen LogP contribution in [-0.4, -0.2) is 0 Å². The lowest BCUT2D eigenvalue weighted by Gasteiger charge is -2.00. The van der Waals surface area contributed by atoms with Gasteiger partial charge in [0.05, 0.1) is 0 Å². The zero-order valence-corrected chi connectivity index (χ0v) is 7.56. The van der Waals surface area contributed by atoms with Gasteiger partial charge in [0.15, 0.2) is 23.3 Å². The first-order valence-electron chi connectivity index (χ1n) is 3.86. The molecule has 0 unspecified atom stereocenters. The van der Waals surface area contributed by atoms with Gasteiger partial charge in [-0.1, -0.05) is 0 Å². The van der Waals surface area contributed by atoms with Crippen molar-refractivity contribution in [1.29, 1.82) is 10.5 Å². The lowest BCUT2D eigenvalue weighted by atomic mass is 10.1. The molecule has 0 aliphatic heterocycles. The molecule has 6 heteroatoms. The van der Waals surface area contributed by atoms with Gasteiger partial charge in [-0.3, -0.25) is 0 Å². The molecule has 1 rings (SSSR count). The van der Waals surface area contributed by atoms with Crippen molar-refractivity contribution in [2.75, 3.05) is 0 Å². The van der Waals surface area contributed by atoms with Crippen LogP contribution >= 0.6 is 0 Å². The molecule has 1 aromatic carbocycles. The van der Waals surface area contributed by atoms with Crippen LogP contribution < -0.4 is 0 Å². The van der Waals surface area contributed by atoms with Gasteiger partial charge in [0.2, 0.25) is 0 Å². The molecule has 0 aliphatic carbocycles. The van der Waals surface area contributed by atoms with Crippen LogP contribution in [-0.2, 0) is 0 Å². The van der Waals surface area contributed by atoms with Gasteiger partial charge in [-0.05, 0) is 12.1 Å². The summed E-state index contributed by atoms with van der Waals surface area (Å²) >= 11 is 0. The largest absolute Gasteiger partial charge is 0.204 e. The lowest BCUT2D eigenvalue weighted by Crippen LogP contribution is -1.98. The van der Waals surface area contributed by atoms with Crippen LogP contribution in [0.2, 0.25) is 0 Å². The molecular formula is C10H2F4N2. The Morgan fingerprint density at radius 2 is 1.56 bits per heavy atom. The van der Waals surface area contributed by atoms with E-state index in [9.17, 15) is 17.6 Å². The van der Waals surface area contributed by atoms with Crippen LogP contribution in [0.4, 0.5) is 17.6 Å². The number of allylic oxidation sites excluding steroid dienone is 1. The highest BCUT2D eigenvalue weighted by molar-refractivity contribution is 5.62. The van der Waals surface area contributed by atoms with Crippen LogP contribution in [0.25, 0.3) is 6.08 Å². The molecule has 0 fully saturated rings. The van der Waals surface area contributed by atoms with Crippen LogP contribution in [0.15, 0.2) is 11.6 Å². The van der Waals surface area contributed by atoms with E-state index in [0.29, 0.717) is 12.1 Å². The van der Waals surface area contributed by atoms with Crippen molar-refractivity contribution in [1.82, 2.24) is 0 Å². The summed E-state index contributed by atoms with van der Waals surface area (Å²) in [6, 6.07) is 3.11. The van der Waals surface area contributed by atoms with Gasteiger partial charge in [0, 0.05) is 5.56 Å². The summed E-state index contributed by atoms with van der Waals surface area (Å²) in [5.41, 5.74) is -1.25. The molecule has 0 heterocycles. The highest BCUT2D eigenvalue weighted by Gasteiger charge is 2.17. The number of rotatable bonds is 1. The van der Waals surface area contributed by atoms with E-state index < -0.39 is 34.4 Å². The maximum Gasteiger partial charge on any atom is 0.198 e. The Kier molecular flexibility index (Phi) is 3.27. The topological polar surface area (TPSA) is 47.6 Å². The Morgan fingerprint density at radius 1 is 1.00 bits per heavy atom. The van der Waals surface area contributed by atoms with Crippen LogP contribution in [0.5, 0.6) is 0 Å². The van der Waals surface area contributed by atoms with Gasteiger partial charge in [0.1, 0.15) is 17.7 Å². The van der Waals surface area contributed by atoms with Gasteiger partial charge < -0.3 is 0 Å². The molecule has 80 valence electrons. The summed E-state index contributed by atoms with van der Waals surface area (Å²) < 4.78 is 51.0. The normalized spacial score (nSPS) is 9.12. The van der Waals surface area contributed by atoms with Gasteiger partial charge in [-0.2, -0.15) is 10.5 Å². The van der Waals surface area contributed by atoms with Gasteiger partial charge in [-0.25, -0.2) is 17.6 Å². The van der Waals surface area contributed by atoms with E-state index in [2.05, 4.69) is 0 Å². The zero-order valence-electron chi connectivity index (χ0n) is 7.56. The van der Waals surface area contributed by atoms with E-state index in [4.69, 9.17) is 10.5 Å². The van der Waals surface area contributed by atoms with Crippen molar-refractivity contribution < 1.29 is 17.6 Å². The third-order valence-electron chi connectivity index (χ3n) is 1.67. The Bertz CT molecular complexity index is 533. The summed E-state index contributed by atoms with van der Waals surface area (Å²) in [5, 5.41) is 16.7. The SMILES string of the molecule is N#CC(C#N)=Cc1cc(F)c(F)c(F)c1F. The molecule has 0 aromatic heterocycles. The molecule has 1 aromatic rings. The lowest BCUT2D eigenvalue weighted by molar-refractivity contribution is 0.408. The molecule has 0 saturated carbocycles. The summed E-state index contributed by atoms with van der Waals surface area (Å²) in [6.07, 6.45) is 0.626. The van der Waals surface area contributed by atoms with E-state index in [1.165, 1.54) is 12.1 Å². The Balaban J connectivity index is 3.45. The maximum atomic E-state index is 13.0. The molecule has 16 heavy (non-hydrogen) atoms. The molecule has 0 radical (unpaired) electrons. The quantitative estimate of drug-likeness (QED) is 0.320. The molecule has 2 nitrogen and oxygen atoms in total. The fourth-order valence-electron chi connectivity index (χ4n) is 0.941. The van der Waals surface area contributed by atoms with E-state index in [-0.39, 0.29) is 0 Å². The minimum Gasteiger partial charge on any atom is -0.204 e. The summed E-state index contributed by atoms with van der Waals surface area (Å²) in [6.45, 7) is 0. The Hall–Kier alpha value is -2.34. The molecular weight excluding hydrogens is 224 g/mol. The predicted molar refractivity (Wildman–Crippen MR) is 45.5 cm³/mol. The highest BCUT2D eigenvalue weighted by Crippen LogP contribution is 2.20. The van der Waals surface area contributed by atoms with Crippen LogP contribution in [0, 0.1) is 45.9 Å². The third-order valence-corrected chi connectivity index (χ3v) is 1.67. The minimum atomic E-state index is -1.98. The average Bonchev–Trinajstić information content (AvgIpc) is 2.29. The second-order valence-electron chi connectivity index (χ2n) is 2.67. The van der Waals surface area contributed by atoms with E-state index >= 15 is 0 Å². The van der Waals surface area contributed by atoms with Gasteiger partial charge in [0.25, 0.3) is 0 Å². The summed E-state index contributed by atoms with van der Waals surface area (Å²) in [5.74, 6) is -7.17. The molecule has 0 saturated heterocycles. The molecule has 0 amide bonds. The minimum absolute atomic E-state index is 0.364. The number of benzene rings is 1. The van der Waals surface area contributed by atoms with Crippen LogP contribution in [0.1, 0.15) is 5.56 Å². The Labute approximate surface area is 87.6 Å². The van der Waals surface area contributed by atoms with Crippen molar-refractivity contribution in [2.45, 2.75) is 0 Å². The fraction of sp³-hybridized carbons (Fsp3) is 0. The van der Waals surface area contributed by atoms with Crippen molar-refractivity contribution in [2.24, 2.45) is 0 Å². The van der Waals surface area contributed by atoms with Gasteiger partial charge >= 0.3 is 0 Å². The second kappa shape index (κ2) is 4.45. The van der Waals surface area contributed by atoms with E-state index in [1.807, 2.05) is 0 Å². The maximum absolute atomic E-state index is 13.0. The number of halogens is 4. The average molecular weight is 226 g/mol. The standard InChI is InChI=1S/C10H2F4N2/c11-7-2-6(1-5(3-15)4-16)8(12)10(14)9(7)13/h1-2H. The van der Waals surface area contributed by atoms with Crippen molar-refractivity contribution in [3.05, 3.63) is 40.5 Å². The fourth-order valence-corrected chi connectivity index (χ4v) is 0.941. The van der Waals surface area contributed by atoms with E-state index in [1.54, 1.807) is 0 Å². The third kappa shape index (κ3) is 2.01. The van der Waals surface area contributed by atoms with Crippen molar-refractivity contribution in [3.8, 4) is 12.1 Å². The second-order valence-corrected chi connectivity index (χ2v) is 2.67. The van der Waals surface area contributed by atoms with Crippen molar-refractivity contribution in [3.63, 3.8) is 0 Å². The van der Waals surface area contributed by atoms with E-state index in [0.717, 1.165) is 0 Å². The predicted octanol–water partition coefficient (Wildman–Crippen LogP) is 2.67. The summed E-state index contributed by atoms with van der Waals surface area (Å²) in [7, 11) is 0. The molecule has 0 bridgehead atoms. The first-order valence-corrected chi connectivity index (χ1v) is 3.86. The summed E-state index contributed by atoms with van der Waals surface area (Å²) in [4.78, 5) is 0. The molecule has 0 atom stereocenters. The first kappa shape index (κ1) is 11.7. The zero-order chi connectivity index (χ0) is 12.3. The number of hydrogen-bond donors (Lipinski definition) is 0. The molecule has 0 aliphatic rings. The molecule has 0 N–H and O–H groups in total. The number of hydrogen-bond acceptors (Lipinski definition) is 2. The highest BCUT2D eigenvalue weighted by atomic mass is 19.2. The molecule has 0 spiro atoms. The van der Waals surface area contributed by atoms with Crippen LogP contribution in [0.3, 0.4) is 0 Å². The number of nitriles is 2. The van der Waals surface area contributed by atoms with Crippen molar-refractivity contribution >= 4 is 6.08 Å². The van der Waals surface area contributed by atoms with Gasteiger partial charge in [-0.15, -0.1) is 0 Å². The monoisotopic (exact) mass is 226 g/mol. The first-order chi connectivity index (χ1) is 7.51. The Morgan fingerprint density at radius 3 is 2.06 bits per heavy atom. The smallest absolute Gasteiger partial charge is 0.198 e.